The zero-order chi connectivity index (χ0) is 14.1. The third kappa shape index (κ3) is 8.39. The van der Waals surface area contributed by atoms with Gasteiger partial charge in [0.05, 0.1) is 12.7 Å². The van der Waals surface area contributed by atoms with Crippen LogP contribution in [-0.2, 0) is 6.54 Å². The number of nitrogens with zero attached hydrogens (tertiary/aromatic N) is 3. The van der Waals surface area contributed by atoms with Crippen LogP contribution < -0.4 is 10.6 Å². The molecular weight excluding hydrogens is 365 g/mol. The molecule has 0 aliphatic heterocycles. The van der Waals surface area contributed by atoms with Crippen molar-refractivity contribution in [2.45, 2.75) is 40.7 Å². The van der Waals surface area contributed by atoms with Gasteiger partial charge in [-0.25, -0.2) is 0 Å². The molecule has 0 radical (unpaired) electrons. The quantitative estimate of drug-likeness (QED) is 0.425. The van der Waals surface area contributed by atoms with Crippen molar-refractivity contribution in [1.82, 2.24) is 20.4 Å². The van der Waals surface area contributed by atoms with Crippen LogP contribution >= 0.6 is 24.0 Å². The molecule has 0 aliphatic rings. The number of hydrogen-bond acceptors (Lipinski definition) is 2. The molecular formula is C14H28IN5. The second-order valence-electron chi connectivity index (χ2n) is 5.15. The van der Waals surface area contributed by atoms with Crippen LogP contribution in [0.15, 0.2) is 17.4 Å². The maximum Gasteiger partial charge on any atom is 0.191 e. The molecule has 0 spiro atoms. The number of rotatable bonds is 7. The van der Waals surface area contributed by atoms with Gasteiger partial charge in [0.15, 0.2) is 5.96 Å². The fourth-order valence-electron chi connectivity index (χ4n) is 1.65. The third-order valence-electron chi connectivity index (χ3n) is 2.72. The average molecular weight is 393 g/mol. The molecule has 1 heterocycles. The summed E-state index contributed by atoms with van der Waals surface area (Å²) in [6, 6.07) is 0. The van der Waals surface area contributed by atoms with Gasteiger partial charge < -0.3 is 10.6 Å². The highest BCUT2D eigenvalue weighted by molar-refractivity contribution is 14.0. The van der Waals surface area contributed by atoms with Crippen LogP contribution in [0.4, 0.5) is 0 Å². The molecule has 116 valence electrons. The van der Waals surface area contributed by atoms with E-state index >= 15 is 0 Å². The summed E-state index contributed by atoms with van der Waals surface area (Å²) in [5.41, 5.74) is 1.19. The lowest BCUT2D eigenvalue weighted by atomic mass is 10.1. The van der Waals surface area contributed by atoms with E-state index in [2.05, 4.69) is 41.5 Å². The number of hydrogen-bond donors (Lipinski definition) is 2. The van der Waals surface area contributed by atoms with Crippen LogP contribution in [0.3, 0.4) is 0 Å². The van der Waals surface area contributed by atoms with Crippen LogP contribution in [0, 0.1) is 12.8 Å². The molecule has 0 saturated carbocycles. The second kappa shape index (κ2) is 10.9. The minimum absolute atomic E-state index is 0. The molecule has 0 amide bonds. The van der Waals surface area contributed by atoms with E-state index in [1.165, 1.54) is 5.56 Å². The van der Waals surface area contributed by atoms with E-state index in [1.54, 1.807) is 0 Å². The molecule has 1 aromatic rings. The van der Waals surface area contributed by atoms with Gasteiger partial charge in [0, 0.05) is 25.8 Å². The topological polar surface area (TPSA) is 54.2 Å². The Morgan fingerprint density at radius 2 is 2.15 bits per heavy atom. The van der Waals surface area contributed by atoms with Crippen LogP contribution in [0.1, 0.15) is 32.8 Å². The van der Waals surface area contributed by atoms with Gasteiger partial charge in [-0.1, -0.05) is 13.8 Å². The Labute approximate surface area is 139 Å². The van der Waals surface area contributed by atoms with Crippen molar-refractivity contribution in [1.29, 1.82) is 0 Å². The molecule has 0 aliphatic carbocycles. The smallest absolute Gasteiger partial charge is 0.191 e. The van der Waals surface area contributed by atoms with Crippen molar-refractivity contribution < 1.29 is 0 Å². The second-order valence-corrected chi connectivity index (χ2v) is 5.15. The number of aryl methyl sites for hydroxylation is 1. The van der Waals surface area contributed by atoms with E-state index in [9.17, 15) is 0 Å². The minimum Gasteiger partial charge on any atom is -0.357 e. The van der Waals surface area contributed by atoms with E-state index in [1.807, 2.05) is 24.0 Å². The molecule has 0 aromatic carbocycles. The summed E-state index contributed by atoms with van der Waals surface area (Å²) in [4.78, 5) is 4.55. The van der Waals surface area contributed by atoms with Crippen molar-refractivity contribution in [3.63, 3.8) is 0 Å². The fraction of sp³-hybridized carbons (Fsp3) is 0.714. The molecule has 0 bridgehead atoms. The highest BCUT2D eigenvalue weighted by Gasteiger charge is 1.99. The minimum atomic E-state index is 0. The van der Waals surface area contributed by atoms with Gasteiger partial charge in [0.2, 0.25) is 0 Å². The average Bonchev–Trinajstić information content (AvgIpc) is 2.74. The van der Waals surface area contributed by atoms with Gasteiger partial charge >= 0.3 is 0 Å². The molecule has 6 heteroatoms. The Balaban J connectivity index is 0.00000361. The van der Waals surface area contributed by atoms with E-state index in [0.29, 0.717) is 5.92 Å². The maximum absolute atomic E-state index is 4.55. The molecule has 0 saturated heterocycles. The van der Waals surface area contributed by atoms with Crippen LogP contribution in [0.5, 0.6) is 0 Å². The lowest BCUT2D eigenvalue weighted by Gasteiger charge is -2.11. The fourth-order valence-corrected chi connectivity index (χ4v) is 1.65. The van der Waals surface area contributed by atoms with Crippen molar-refractivity contribution >= 4 is 29.9 Å². The first-order valence-electron chi connectivity index (χ1n) is 7.13. The lowest BCUT2D eigenvalue weighted by Crippen LogP contribution is -2.39. The molecule has 0 atom stereocenters. The summed E-state index contributed by atoms with van der Waals surface area (Å²) in [5.74, 6) is 1.59. The summed E-state index contributed by atoms with van der Waals surface area (Å²) in [7, 11) is 0. The summed E-state index contributed by atoms with van der Waals surface area (Å²) in [6.07, 6.45) is 5.04. The Hall–Kier alpha value is -0.790. The van der Waals surface area contributed by atoms with Gasteiger partial charge in [0.25, 0.3) is 0 Å². The number of guanidine groups is 1. The normalized spacial score (nSPS) is 11.3. The van der Waals surface area contributed by atoms with Gasteiger partial charge in [-0.3, -0.25) is 9.67 Å². The molecule has 2 N–H and O–H groups in total. The first kappa shape index (κ1) is 19.2. The molecule has 1 aromatic heterocycles. The van der Waals surface area contributed by atoms with Crippen LogP contribution in [0.2, 0.25) is 0 Å². The lowest BCUT2D eigenvalue weighted by molar-refractivity contribution is 0.585. The Morgan fingerprint density at radius 3 is 2.70 bits per heavy atom. The van der Waals surface area contributed by atoms with E-state index < -0.39 is 0 Å². The zero-order valence-corrected chi connectivity index (χ0v) is 15.3. The van der Waals surface area contributed by atoms with E-state index in [0.717, 1.165) is 38.6 Å². The summed E-state index contributed by atoms with van der Waals surface area (Å²) >= 11 is 0. The maximum atomic E-state index is 4.55. The molecule has 5 nitrogen and oxygen atoms in total. The highest BCUT2D eigenvalue weighted by Crippen LogP contribution is 1.98. The van der Waals surface area contributed by atoms with Gasteiger partial charge in [-0.2, -0.15) is 5.10 Å². The van der Waals surface area contributed by atoms with Gasteiger partial charge in [-0.05, 0) is 31.7 Å². The summed E-state index contributed by atoms with van der Waals surface area (Å²) < 4.78 is 1.94. The number of halogens is 1. The van der Waals surface area contributed by atoms with E-state index in [4.69, 9.17) is 0 Å². The summed E-state index contributed by atoms with van der Waals surface area (Å²) in [6.45, 7) is 12.0. The standard InChI is InChI=1S/C14H27N5.HI/c1-5-15-14(16-7-6-12(2)3)17-8-9-19-11-13(4)10-18-19;/h10-12H,5-9H2,1-4H3,(H2,15,16,17);1H. The van der Waals surface area contributed by atoms with Gasteiger partial charge in [0.1, 0.15) is 0 Å². The first-order valence-corrected chi connectivity index (χ1v) is 7.13. The number of aliphatic imine (C=N–C) groups is 1. The monoisotopic (exact) mass is 393 g/mol. The van der Waals surface area contributed by atoms with Crippen molar-refractivity contribution in [3.8, 4) is 0 Å². The molecule has 20 heavy (non-hydrogen) atoms. The zero-order valence-electron chi connectivity index (χ0n) is 13.0. The Bertz CT molecular complexity index is 387. The Kier molecular flexibility index (Phi) is 10.5. The largest absolute Gasteiger partial charge is 0.357 e. The number of aromatic nitrogens is 2. The van der Waals surface area contributed by atoms with Crippen molar-refractivity contribution in [2.75, 3.05) is 19.6 Å². The SMILES string of the molecule is CCNC(=NCCC(C)C)NCCn1cc(C)cn1.I. The van der Waals surface area contributed by atoms with Gasteiger partial charge in [-0.15, -0.1) is 24.0 Å². The predicted octanol–water partition coefficient (Wildman–Crippen LogP) is 2.41. The molecule has 0 fully saturated rings. The van der Waals surface area contributed by atoms with Crippen LogP contribution in [-0.4, -0.2) is 35.4 Å². The predicted molar refractivity (Wildman–Crippen MR) is 95.8 cm³/mol. The molecule has 0 unspecified atom stereocenters. The van der Waals surface area contributed by atoms with Crippen molar-refractivity contribution in [2.24, 2.45) is 10.9 Å². The third-order valence-corrected chi connectivity index (χ3v) is 2.72. The van der Waals surface area contributed by atoms with Crippen LogP contribution in [0.25, 0.3) is 0 Å². The Morgan fingerprint density at radius 1 is 1.40 bits per heavy atom. The highest BCUT2D eigenvalue weighted by atomic mass is 127. The molecule has 1 rings (SSSR count). The van der Waals surface area contributed by atoms with E-state index in [-0.39, 0.29) is 24.0 Å². The van der Waals surface area contributed by atoms with Crippen molar-refractivity contribution in [3.05, 3.63) is 18.0 Å². The number of nitrogens with one attached hydrogen (secondary N) is 2. The first-order chi connectivity index (χ1) is 9.11. The summed E-state index contributed by atoms with van der Waals surface area (Å²) in [5, 5.41) is 10.8.